The van der Waals surface area contributed by atoms with Crippen LogP contribution in [0, 0.1) is 5.92 Å². The molecule has 3 N–H and O–H groups in total. The first kappa shape index (κ1) is 12.0. The molecule has 0 radical (unpaired) electrons. The molecule has 0 aliphatic heterocycles. The van der Waals surface area contributed by atoms with Crippen molar-refractivity contribution in [2.75, 3.05) is 20.1 Å². The van der Waals surface area contributed by atoms with Crippen molar-refractivity contribution in [2.45, 2.75) is 44.8 Å². The number of hydrogen-bond donors (Lipinski definition) is 2. The fourth-order valence-corrected chi connectivity index (χ4v) is 1.88. The molecule has 1 saturated carbocycles. The average molecular weight is 200 g/mol. The van der Waals surface area contributed by atoms with Crippen molar-refractivity contribution in [3.05, 3.63) is 0 Å². The van der Waals surface area contributed by atoms with Gasteiger partial charge in [0.05, 0.1) is 5.60 Å². The maximum Gasteiger partial charge on any atom is 0.0923 e. The van der Waals surface area contributed by atoms with Crippen LogP contribution in [0.15, 0.2) is 0 Å². The van der Waals surface area contributed by atoms with Crippen molar-refractivity contribution in [1.82, 2.24) is 4.90 Å². The third-order valence-corrected chi connectivity index (χ3v) is 3.56. The maximum absolute atomic E-state index is 10.3. The molecule has 1 rings (SSSR count). The van der Waals surface area contributed by atoms with Crippen molar-refractivity contribution in [3.8, 4) is 0 Å². The lowest BCUT2D eigenvalue weighted by atomic mass is 9.96. The van der Waals surface area contributed by atoms with E-state index in [1.807, 2.05) is 0 Å². The lowest BCUT2D eigenvalue weighted by molar-refractivity contribution is -0.0105. The van der Waals surface area contributed by atoms with E-state index in [9.17, 15) is 5.11 Å². The summed E-state index contributed by atoms with van der Waals surface area (Å²) in [5, 5.41) is 10.3. The molecule has 2 atom stereocenters. The molecule has 3 nitrogen and oxygen atoms in total. The molecule has 1 aliphatic rings. The Bertz CT molecular complexity index is 182. The Hall–Kier alpha value is -0.120. The van der Waals surface area contributed by atoms with Gasteiger partial charge in [-0.3, -0.25) is 0 Å². The van der Waals surface area contributed by atoms with Crippen LogP contribution in [0.5, 0.6) is 0 Å². The fourth-order valence-electron chi connectivity index (χ4n) is 1.88. The van der Waals surface area contributed by atoms with Gasteiger partial charge in [-0.1, -0.05) is 6.92 Å². The van der Waals surface area contributed by atoms with Gasteiger partial charge in [-0.15, -0.1) is 0 Å². The second kappa shape index (κ2) is 4.60. The topological polar surface area (TPSA) is 49.5 Å². The zero-order valence-corrected chi connectivity index (χ0v) is 9.66. The van der Waals surface area contributed by atoms with Gasteiger partial charge in [0.25, 0.3) is 0 Å². The van der Waals surface area contributed by atoms with Gasteiger partial charge in [0.2, 0.25) is 0 Å². The van der Waals surface area contributed by atoms with Crippen LogP contribution in [-0.4, -0.2) is 41.8 Å². The maximum atomic E-state index is 10.3. The Labute approximate surface area is 87.3 Å². The van der Waals surface area contributed by atoms with Gasteiger partial charge in [-0.25, -0.2) is 0 Å². The lowest BCUT2D eigenvalue weighted by Gasteiger charge is -2.34. The van der Waals surface area contributed by atoms with E-state index in [0.717, 1.165) is 19.3 Å². The Morgan fingerprint density at radius 2 is 2.14 bits per heavy atom. The Kier molecular flexibility index (Phi) is 3.93. The van der Waals surface area contributed by atoms with Gasteiger partial charge in [0, 0.05) is 19.1 Å². The summed E-state index contributed by atoms with van der Waals surface area (Å²) in [6, 6.07) is 0.520. The van der Waals surface area contributed by atoms with Crippen molar-refractivity contribution in [3.63, 3.8) is 0 Å². The number of nitrogens with zero attached hydrogens (tertiary/aromatic N) is 1. The van der Waals surface area contributed by atoms with E-state index in [4.69, 9.17) is 5.73 Å². The first-order valence-electron chi connectivity index (χ1n) is 5.66. The van der Waals surface area contributed by atoms with Crippen molar-refractivity contribution in [1.29, 1.82) is 0 Å². The number of nitrogens with two attached hydrogens (primary N) is 1. The van der Waals surface area contributed by atoms with Gasteiger partial charge in [0.15, 0.2) is 0 Å². The third-order valence-electron chi connectivity index (χ3n) is 3.56. The minimum atomic E-state index is -0.641. The van der Waals surface area contributed by atoms with Crippen LogP contribution in [0.2, 0.25) is 0 Å². The summed E-state index contributed by atoms with van der Waals surface area (Å²) in [7, 11) is 2.07. The van der Waals surface area contributed by atoms with E-state index >= 15 is 0 Å². The summed E-state index contributed by atoms with van der Waals surface area (Å²) in [6.07, 6.45) is 3.39. The molecule has 84 valence electrons. The number of aliphatic hydroxyl groups is 1. The molecule has 0 amide bonds. The van der Waals surface area contributed by atoms with E-state index in [1.54, 1.807) is 0 Å². The van der Waals surface area contributed by atoms with Crippen LogP contribution in [-0.2, 0) is 0 Å². The molecule has 0 heterocycles. The normalized spacial score (nSPS) is 23.6. The molecule has 3 heteroatoms. The second-order valence-corrected chi connectivity index (χ2v) is 4.75. The summed E-state index contributed by atoms with van der Waals surface area (Å²) in [4.78, 5) is 2.21. The second-order valence-electron chi connectivity index (χ2n) is 4.75. The molecule has 0 aromatic rings. The van der Waals surface area contributed by atoms with Crippen LogP contribution in [0.1, 0.15) is 33.1 Å². The SMILES string of the molecule is CCC(C)N(C)CC(O)(CN)C1CC1. The minimum absolute atomic E-state index is 0.387. The lowest BCUT2D eigenvalue weighted by Crippen LogP contribution is -2.51. The molecule has 0 aromatic carbocycles. The van der Waals surface area contributed by atoms with E-state index in [0.29, 0.717) is 25.0 Å². The smallest absolute Gasteiger partial charge is 0.0923 e. The standard InChI is InChI=1S/C11H24N2O/c1-4-9(2)13(3)8-11(14,7-12)10-5-6-10/h9-10,14H,4-8,12H2,1-3H3. The molecule has 0 bridgehead atoms. The molecule has 0 spiro atoms. The highest BCUT2D eigenvalue weighted by atomic mass is 16.3. The van der Waals surface area contributed by atoms with E-state index in [2.05, 4.69) is 25.8 Å². The number of rotatable bonds is 6. The molecule has 2 unspecified atom stereocenters. The van der Waals surface area contributed by atoms with Gasteiger partial charge in [-0.05, 0) is 39.2 Å². The average Bonchev–Trinajstić information content (AvgIpc) is 2.99. The van der Waals surface area contributed by atoms with Crippen LogP contribution < -0.4 is 5.73 Å². The van der Waals surface area contributed by atoms with Gasteiger partial charge in [0.1, 0.15) is 0 Å². The van der Waals surface area contributed by atoms with Crippen LogP contribution in [0.25, 0.3) is 0 Å². The minimum Gasteiger partial charge on any atom is -0.387 e. The molecule has 1 aliphatic carbocycles. The Morgan fingerprint density at radius 3 is 2.50 bits per heavy atom. The molecule has 0 aromatic heterocycles. The molecule has 14 heavy (non-hydrogen) atoms. The summed E-state index contributed by atoms with van der Waals surface area (Å²) < 4.78 is 0. The largest absolute Gasteiger partial charge is 0.387 e. The summed E-state index contributed by atoms with van der Waals surface area (Å²) in [6.45, 7) is 5.45. The monoisotopic (exact) mass is 200 g/mol. The molecular weight excluding hydrogens is 176 g/mol. The van der Waals surface area contributed by atoms with Crippen LogP contribution in [0.3, 0.4) is 0 Å². The van der Waals surface area contributed by atoms with Crippen LogP contribution in [0.4, 0.5) is 0 Å². The molecule has 0 saturated heterocycles. The highest BCUT2D eigenvalue weighted by molar-refractivity contribution is 4.97. The highest BCUT2D eigenvalue weighted by Gasteiger charge is 2.43. The van der Waals surface area contributed by atoms with Crippen molar-refractivity contribution < 1.29 is 5.11 Å². The van der Waals surface area contributed by atoms with E-state index < -0.39 is 5.60 Å². The summed E-state index contributed by atoms with van der Waals surface area (Å²) >= 11 is 0. The zero-order valence-electron chi connectivity index (χ0n) is 9.66. The number of likely N-dealkylation sites (N-methyl/N-ethyl adjacent to an activating group) is 1. The van der Waals surface area contributed by atoms with Crippen LogP contribution >= 0.6 is 0 Å². The van der Waals surface area contributed by atoms with Crippen molar-refractivity contribution >= 4 is 0 Å². The summed E-state index contributed by atoms with van der Waals surface area (Å²) in [5.41, 5.74) is 5.02. The third kappa shape index (κ3) is 2.69. The van der Waals surface area contributed by atoms with E-state index in [-0.39, 0.29) is 0 Å². The zero-order chi connectivity index (χ0) is 10.8. The predicted molar refractivity (Wildman–Crippen MR) is 59.1 cm³/mol. The quantitative estimate of drug-likeness (QED) is 0.667. The first-order valence-corrected chi connectivity index (χ1v) is 5.66. The van der Waals surface area contributed by atoms with Gasteiger partial charge in [-0.2, -0.15) is 0 Å². The Balaban J connectivity index is 2.46. The van der Waals surface area contributed by atoms with Gasteiger partial charge < -0.3 is 15.7 Å². The Morgan fingerprint density at radius 1 is 1.57 bits per heavy atom. The van der Waals surface area contributed by atoms with E-state index in [1.165, 1.54) is 0 Å². The predicted octanol–water partition coefficient (Wildman–Crippen LogP) is 0.817. The molecular formula is C11H24N2O. The summed E-state index contributed by atoms with van der Waals surface area (Å²) in [5.74, 6) is 0.444. The first-order chi connectivity index (χ1) is 6.53. The van der Waals surface area contributed by atoms with Gasteiger partial charge >= 0.3 is 0 Å². The van der Waals surface area contributed by atoms with Crippen molar-refractivity contribution in [2.24, 2.45) is 11.7 Å². The number of hydrogen-bond acceptors (Lipinski definition) is 3. The molecule has 1 fully saturated rings. The highest BCUT2D eigenvalue weighted by Crippen LogP contribution is 2.39. The fraction of sp³-hybridized carbons (Fsp3) is 1.00.